The zero-order valence-electron chi connectivity index (χ0n) is 17.2. The largest absolute Gasteiger partial charge is 0.491 e. The molecule has 1 saturated heterocycles. The first-order chi connectivity index (χ1) is 13.6. The number of urea groups is 1. The molecule has 6 nitrogen and oxygen atoms in total. The van der Waals surface area contributed by atoms with Crippen LogP contribution in [0.1, 0.15) is 57.1 Å². The average Bonchev–Trinajstić information content (AvgIpc) is 2.94. The molecule has 3 rings (SSSR count). The average molecular weight is 388 g/mol. The smallest absolute Gasteiger partial charge is 0.317 e. The first-order valence-corrected chi connectivity index (χ1v) is 10.7. The predicted octanol–water partition coefficient (Wildman–Crippen LogP) is 3.33. The lowest BCUT2D eigenvalue weighted by Crippen LogP contribution is -2.43. The maximum atomic E-state index is 12.7. The SMILES string of the molecule is CCNC(=O)N1CCOc2ccc(CCC(=O)N3CCCCC3CC)cc2C1. The van der Waals surface area contributed by atoms with Crippen molar-refractivity contribution in [3.63, 3.8) is 0 Å². The maximum Gasteiger partial charge on any atom is 0.317 e. The zero-order valence-corrected chi connectivity index (χ0v) is 17.2. The fourth-order valence-corrected chi connectivity index (χ4v) is 4.19. The van der Waals surface area contributed by atoms with E-state index in [4.69, 9.17) is 4.74 Å². The van der Waals surface area contributed by atoms with Gasteiger partial charge in [-0.25, -0.2) is 4.79 Å². The number of piperidine rings is 1. The maximum absolute atomic E-state index is 12.7. The summed E-state index contributed by atoms with van der Waals surface area (Å²) in [6.45, 7) is 7.20. The van der Waals surface area contributed by atoms with Gasteiger partial charge in [-0.2, -0.15) is 0 Å². The normalized spacial score (nSPS) is 19.4. The highest BCUT2D eigenvalue weighted by Crippen LogP contribution is 2.26. The molecule has 0 bridgehead atoms. The number of fused-ring (bicyclic) bond motifs is 1. The van der Waals surface area contributed by atoms with Crippen LogP contribution < -0.4 is 10.1 Å². The lowest BCUT2D eigenvalue weighted by molar-refractivity contribution is -0.134. The molecular weight excluding hydrogens is 354 g/mol. The van der Waals surface area contributed by atoms with Crippen LogP contribution in [0.3, 0.4) is 0 Å². The van der Waals surface area contributed by atoms with E-state index in [9.17, 15) is 9.59 Å². The van der Waals surface area contributed by atoms with Gasteiger partial charge in [0.1, 0.15) is 12.4 Å². The third-order valence-electron chi connectivity index (χ3n) is 5.77. The van der Waals surface area contributed by atoms with Crippen molar-refractivity contribution < 1.29 is 14.3 Å². The van der Waals surface area contributed by atoms with Crippen LogP contribution in [-0.2, 0) is 17.8 Å². The van der Waals surface area contributed by atoms with Gasteiger partial charge in [-0.1, -0.05) is 19.1 Å². The Morgan fingerprint density at radius 2 is 2.07 bits per heavy atom. The minimum absolute atomic E-state index is 0.0600. The van der Waals surface area contributed by atoms with Crippen LogP contribution >= 0.6 is 0 Å². The molecular formula is C22H33N3O3. The van der Waals surface area contributed by atoms with Crippen molar-refractivity contribution in [2.24, 2.45) is 0 Å². The summed E-state index contributed by atoms with van der Waals surface area (Å²) in [6, 6.07) is 6.46. The van der Waals surface area contributed by atoms with Gasteiger partial charge in [0.15, 0.2) is 0 Å². The van der Waals surface area contributed by atoms with Crippen LogP contribution in [0.4, 0.5) is 4.79 Å². The van der Waals surface area contributed by atoms with Gasteiger partial charge in [-0.15, -0.1) is 0 Å². The van der Waals surface area contributed by atoms with Gasteiger partial charge < -0.3 is 19.9 Å². The standard InChI is InChI=1S/C22H33N3O3/c1-3-19-7-5-6-12-25(19)21(26)11-9-17-8-10-20-18(15-17)16-24(13-14-28-20)22(27)23-4-2/h8,10,15,19H,3-7,9,11-14,16H2,1-2H3,(H,23,27). The number of carbonyl (C=O) groups is 2. The number of benzene rings is 1. The van der Waals surface area contributed by atoms with Crippen molar-refractivity contribution in [3.8, 4) is 5.75 Å². The Morgan fingerprint density at radius 3 is 2.86 bits per heavy atom. The molecule has 0 aromatic heterocycles. The summed E-state index contributed by atoms with van der Waals surface area (Å²) >= 11 is 0. The Labute approximate surface area is 168 Å². The number of likely N-dealkylation sites (tertiary alicyclic amines) is 1. The molecule has 0 aliphatic carbocycles. The molecule has 0 saturated carbocycles. The highest BCUT2D eigenvalue weighted by molar-refractivity contribution is 5.77. The van der Waals surface area contributed by atoms with E-state index in [2.05, 4.69) is 23.2 Å². The van der Waals surface area contributed by atoms with Gasteiger partial charge >= 0.3 is 6.03 Å². The van der Waals surface area contributed by atoms with Crippen molar-refractivity contribution in [1.29, 1.82) is 0 Å². The monoisotopic (exact) mass is 387 g/mol. The van der Waals surface area contributed by atoms with E-state index in [-0.39, 0.29) is 11.9 Å². The predicted molar refractivity (Wildman–Crippen MR) is 109 cm³/mol. The van der Waals surface area contributed by atoms with Crippen molar-refractivity contribution in [3.05, 3.63) is 29.3 Å². The molecule has 3 amide bonds. The summed E-state index contributed by atoms with van der Waals surface area (Å²) in [6.07, 6.45) is 5.78. The number of aryl methyl sites for hydroxylation is 1. The van der Waals surface area contributed by atoms with Crippen molar-refractivity contribution in [2.45, 2.75) is 65.0 Å². The summed E-state index contributed by atoms with van der Waals surface area (Å²) < 4.78 is 5.81. The van der Waals surface area contributed by atoms with Crippen molar-refractivity contribution >= 4 is 11.9 Å². The zero-order chi connectivity index (χ0) is 19.9. The third kappa shape index (κ3) is 4.97. The number of carbonyl (C=O) groups excluding carboxylic acids is 2. The Hall–Kier alpha value is -2.24. The second kappa shape index (κ2) is 9.80. The van der Waals surface area contributed by atoms with Crippen LogP contribution in [-0.4, -0.2) is 54.0 Å². The summed E-state index contributed by atoms with van der Waals surface area (Å²) in [5.41, 5.74) is 2.14. The lowest BCUT2D eigenvalue weighted by atomic mass is 9.98. The lowest BCUT2D eigenvalue weighted by Gasteiger charge is -2.35. The first-order valence-electron chi connectivity index (χ1n) is 10.7. The van der Waals surface area contributed by atoms with Crippen molar-refractivity contribution in [2.75, 3.05) is 26.2 Å². The second-order valence-corrected chi connectivity index (χ2v) is 7.69. The van der Waals surface area contributed by atoms with Gasteiger partial charge in [0.2, 0.25) is 5.91 Å². The Balaban J connectivity index is 1.63. The van der Waals surface area contributed by atoms with Gasteiger partial charge in [-0.05, 0) is 50.7 Å². The minimum Gasteiger partial charge on any atom is -0.491 e. The highest BCUT2D eigenvalue weighted by Gasteiger charge is 2.25. The molecule has 0 radical (unpaired) electrons. The molecule has 1 N–H and O–H groups in total. The van der Waals surface area contributed by atoms with E-state index in [1.54, 1.807) is 4.90 Å². The highest BCUT2D eigenvalue weighted by atomic mass is 16.5. The van der Waals surface area contributed by atoms with Crippen LogP contribution in [0.15, 0.2) is 18.2 Å². The van der Waals surface area contributed by atoms with Gasteiger partial charge in [0, 0.05) is 31.1 Å². The Kier molecular flexibility index (Phi) is 7.18. The molecule has 2 aliphatic rings. The number of rotatable bonds is 5. The number of ether oxygens (including phenoxy) is 1. The molecule has 1 atom stereocenters. The molecule has 6 heteroatoms. The molecule has 1 aromatic rings. The van der Waals surface area contributed by atoms with Gasteiger partial charge in [0.25, 0.3) is 0 Å². The van der Waals surface area contributed by atoms with Crippen LogP contribution in [0.25, 0.3) is 0 Å². The fraction of sp³-hybridized carbons (Fsp3) is 0.636. The molecule has 1 unspecified atom stereocenters. The number of nitrogens with zero attached hydrogens (tertiary/aromatic N) is 2. The summed E-state index contributed by atoms with van der Waals surface area (Å²) in [5, 5.41) is 2.86. The second-order valence-electron chi connectivity index (χ2n) is 7.69. The Morgan fingerprint density at radius 1 is 1.21 bits per heavy atom. The van der Waals surface area contributed by atoms with Crippen molar-refractivity contribution in [1.82, 2.24) is 15.1 Å². The summed E-state index contributed by atoms with van der Waals surface area (Å²) in [5.74, 6) is 1.10. The summed E-state index contributed by atoms with van der Waals surface area (Å²) in [4.78, 5) is 28.8. The fourth-order valence-electron chi connectivity index (χ4n) is 4.19. The summed E-state index contributed by atoms with van der Waals surface area (Å²) in [7, 11) is 0. The van der Waals surface area contributed by atoms with E-state index in [1.165, 1.54) is 6.42 Å². The van der Waals surface area contributed by atoms with E-state index >= 15 is 0 Å². The number of hydrogen-bond acceptors (Lipinski definition) is 3. The van der Waals surface area contributed by atoms with Gasteiger partial charge in [-0.3, -0.25) is 4.79 Å². The van der Waals surface area contributed by atoms with E-state index in [0.717, 1.165) is 49.1 Å². The van der Waals surface area contributed by atoms with Crippen LogP contribution in [0.5, 0.6) is 5.75 Å². The molecule has 2 aliphatic heterocycles. The molecule has 0 spiro atoms. The van der Waals surface area contributed by atoms with Crippen LogP contribution in [0.2, 0.25) is 0 Å². The number of nitrogens with one attached hydrogen (secondary N) is 1. The van der Waals surface area contributed by atoms with E-state index in [0.29, 0.717) is 38.7 Å². The molecule has 2 heterocycles. The third-order valence-corrected chi connectivity index (χ3v) is 5.77. The molecule has 1 aromatic carbocycles. The first kappa shape index (κ1) is 20.5. The minimum atomic E-state index is -0.0600. The number of hydrogen-bond donors (Lipinski definition) is 1. The Bertz CT molecular complexity index is 692. The molecule has 28 heavy (non-hydrogen) atoms. The number of amides is 3. The quantitative estimate of drug-likeness (QED) is 0.843. The molecule has 154 valence electrons. The van der Waals surface area contributed by atoms with E-state index in [1.807, 2.05) is 19.1 Å². The van der Waals surface area contributed by atoms with Gasteiger partial charge in [0.05, 0.1) is 13.1 Å². The molecule has 1 fully saturated rings. The van der Waals surface area contributed by atoms with E-state index < -0.39 is 0 Å². The topological polar surface area (TPSA) is 61.9 Å². The van der Waals surface area contributed by atoms with Crippen LogP contribution in [0, 0.1) is 0 Å².